The number of guanidine groups is 1. The van der Waals surface area contributed by atoms with Gasteiger partial charge in [-0.05, 0) is 72.4 Å². The molecule has 0 spiro atoms. The SMILES string of the molecule is CCNC(=NCC(CC)(CC)NC(=O)OC(C)(C)C)NCC1CCN(CCOC)CC1. The number of nitrogens with one attached hydrogen (secondary N) is 3. The van der Waals surface area contributed by atoms with Gasteiger partial charge in [-0.3, -0.25) is 4.99 Å². The zero-order valence-electron chi connectivity index (χ0n) is 21.0. The van der Waals surface area contributed by atoms with Crippen molar-refractivity contribution in [1.82, 2.24) is 20.9 Å². The summed E-state index contributed by atoms with van der Waals surface area (Å²) in [5.41, 5.74) is -0.937. The fourth-order valence-electron chi connectivity index (χ4n) is 3.66. The van der Waals surface area contributed by atoms with Crippen LogP contribution in [0.25, 0.3) is 0 Å². The molecule has 1 fully saturated rings. The molecule has 0 aromatic carbocycles. The number of hydrogen-bond acceptors (Lipinski definition) is 5. The van der Waals surface area contributed by atoms with Gasteiger partial charge < -0.3 is 30.3 Å². The number of piperidine rings is 1. The Kier molecular flexibility index (Phi) is 12.2. The second-order valence-corrected chi connectivity index (χ2v) is 9.47. The van der Waals surface area contributed by atoms with Gasteiger partial charge in [-0.15, -0.1) is 0 Å². The van der Waals surface area contributed by atoms with E-state index < -0.39 is 11.1 Å². The van der Waals surface area contributed by atoms with Crippen molar-refractivity contribution in [3.8, 4) is 0 Å². The van der Waals surface area contributed by atoms with Gasteiger partial charge in [0.25, 0.3) is 0 Å². The van der Waals surface area contributed by atoms with E-state index in [4.69, 9.17) is 14.5 Å². The van der Waals surface area contributed by atoms with Crippen molar-refractivity contribution in [3.63, 3.8) is 0 Å². The zero-order chi connectivity index (χ0) is 23.3. The Bertz CT molecular complexity index is 536. The van der Waals surface area contributed by atoms with Crippen molar-refractivity contribution < 1.29 is 14.3 Å². The van der Waals surface area contributed by atoms with Crippen LogP contribution in [0.1, 0.15) is 67.2 Å². The summed E-state index contributed by atoms with van der Waals surface area (Å²) in [6, 6.07) is 0. The highest BCUT2D eigenvalue weighted by Gasteiger charge is 2.30. The molecule has 0 aromatic rings. The van der Waals surface area contributed by atoms with Gasteiger partial charge in [-0.1, -0.05) is 13.8 Å². The number of carbonyl (C=O) groups excluding carboxylic acids is 1. The van der Waals surface area contributed by atoms with Crippen molar-refractivity contribution in [2.24, 2.45) is 10.9 Å². The highest BCUT2D eigenvalue weighted by Crippen LogP contribution is 2.18. The number of methoxy groups -OCH3 is 1. The predicted octanol–water partition coefficient (Wildman–Crippen LogP) is 2.98. The third-order valence-corrected chi connectivity index (χ3v) is 5.88. The molecule has 8 heteroatoms. The number of rotatable bonds is 11. The molecule has 8 nitrogen and oxygen atoms in total. The fourth-order valence-corrected chi connectivity index (χ4v) is 3.66. The van der Waals surface area contributed by atoms with E-state index in [1.807, 2.05) is 20.8 Å². The van der Waals surface area contributed by atoms with Gasteiger partial charge >= 0.3 is 6.09 Å². The van der Waals surface area contributed by atoms with E-state index in [0.717, 1.165) is 58.1 Å². The van der Waals surface area contributed by atoms with Crippen LogP contribution in [-0.4, -0.2) is 81.1 Å². The Morgan fingerprint density at radius 3 is 2.26 bits per heavy atom. The van der Waals surface area contributed by atoms with E-state index in [1.54, 1.807) is 7.11 Å². The van der Waals surface area contributed by atoms with Crippen molar-refractivity contribution in [2.75, 3.05) is 53.0 Å². The third kappa shape index (κ3) is 11.1. The molecule has 31 heavy (non-hydrogen) atoms. The molecule has 0 unspecified atom stereocenters. The lowest BCUT2D eigenvalue weighted by Gasteiger charge is -2.33. The molecule has 3 N–H and O–H groups in total. The normalized spacial score (nSPS) is 16.8. The monoisotopic (exact) mass is 441 g/mol. The predicted molar refractivity (Wildman–Crippen MR) is 128 cm³/mol. The van der Waals surface area contributed by atoms with E-state index in [1.165, 1.54) is 12.8 Å². The van der Waals surface area contributed by atoms with Crippen LogP contribution in [0, 0.1) is 5.92 Å². The summed E-state index contributed by atoms with van der Waals surface area (Å²) in [4.78, 5) is 19.6. The summed E-state index contributed by atoms with van der Waals surface area (Å²) >= 11 is 0. The molecule has 0 aromatic heterocycles. The van der Waals surface area contributed by atoms with Crippen LogP contribution in [0.15, 0.2) is 4.99 Å². The Morgan fingerprint density at radius 1 is 1.10 bits per heavy atom. The lowest BCUT2D eigenvalue weighted by Crippen LogP contribution is -2.52. The summed E-state index contributed by atoms with van der Waals surface area (Å²) in [5, 5.41) is 9.92. The van der Waals surface area contributed by atoms with Gasteiger partial charge in [0.15, 0.2) is 5.96 Å². The molecule has 0 saturated carbocycles. The second kappa shape index (κ2) is 13.8. The molecular weight excluding hydrogens is 394 g/mol. The summed E-state index contributed by atoms with van der Waals surface area (Å²) in [7, 11) is 1.76. The van der Waals surface area contributed by atoms with Crippen LogP contribution in [0.3, 0.4) is 0 Å². The average molecular weight is 442 g/mol. The first-order chi connectivity index (χ1) is 14.7. The van der Waals surface area contributed by atoms with E-state index in [2.05, 4.69) is 41.6 Å². The summed E-state index contributed by atoms with van der Waals surface area (Å²) in [6.45, 7) is 18.1. The van der Waals surface area contributed by atoms with Gasteiger partial charge in [0.1, 0.15) is 5.60 Å². The first kappa shape index (κ1) is 27.5. The van der Waals surface area contributed by atoms with E-state index in [-0.39, 0.29) is 6.09 Å². The van der Waals surface area contributed by atoms with Crippen LogP contribution in [-0.2, 0) is 9.47 Å². The molecule has 1 heterocycles. The molecule has 1 aliphatic rings. The Hall–Kier alpha value is -1.54. The number of amides is 1. The quantitative estimate of drug-likeness (QED) is 0.338. The van der Waals surface area contributed by atoms with Gasteiger partial charge in [-0.25, -0.2) is 4.79 Å². The standard InChI is InChI=1S/C23H47N5O3/c1-8-23(9-2,27-21(29)31-22(4,5)6)18-26-20(24-10-3)25-17-19-11-13-28(14-12-19)15-16-30-7/h19H,8-18H2,1-7H3,(H,27,29)(H2,24,25,26). The van der Waals surface area contributed by atoms with Crippen molar-refractivity contribution >= 4 is 12.1 Å². The van der Waals surface area contributed by atoms with E-state index in [9.17, 15) is 4.79 Å². The minimum atomic E-state index is -0.518. The molecule has 1 rings (SSSR count). The maximum atomic E-state index is 12.4. The van der Waals surface area contributed by atoms with Crippen LogP contribution in [0.4, 0.5) is 4.79 Å². The zero-order valence-corrected chi connectivity index (χ0v) is 21.0. The maximum absolute atomic E-state index is 12.4. The first-order valence-corrected chi connectivity index (χ1v) is 11.9. The van der Waals surface area contributed by atoms with Gasteiger partial charge in [-0.2, -0.15) is 0 Å². The minimum absolute atomic E-state index is 0.385. The number of alkyl carbamates (subject to hydrolysis) is 1. The van der Waals surface area contributed by atoms with Crippen LogP contribution < -0.4 is 16.0 Å². The minimum Gasteiger partial charge on any atom is -0.444 e. The average Bonchev–Trinajstić information content (AvgIpc) is 2.72. The Labute approximate surface area is 189 Å². The highest BCUT2D eigenvalue weighted by molar-refractivity contribution is 5.79. The molecule has 1 saturated heterocycles. The second-order valence-electron chi connectivity index (χ2n) is 9.47. The van der Waals surface area contributed by atoms with Crippen LogP contribution in [0.2, 0.25) is 0 Å². The number of aliphatic imine (C=N–C) groups is 1. The summed E-state index contributed by atoms with van der Waals surface area (Å²) < 4.78 is 10.7. The van der Waals surface area contributed by atoms with Crippen molar-refractivity contribution in [2.45, 2.75) is 78.4 Å². The van der Waals surface area contributed by atoms with Gasteiger partial charge in [0.05, 0.1) is 18.7 Å². The van der Waals surface area contributed by atoms with Crippen molar-refractivity contribution in [1.29, 1.82) is 0 Å². The molecule has 182 valence electrons. The van der Waals surface area contributed by atoms with E-state index in [0.29, 0.717) is 12.5 Å². The molecule has 1 aliphatic heterocycles. The number of nitrogens with zero attached hydrogens (tertiary/aromatic N) is 2. The lowest BCUT2D eigenvalue weighted by atomic mass is 9.93. The van der Waals surface area contributed by atoms with Gasteiger partial charge in [0.2, 0.25) is 0 Å². The molecule has 0 radical (unpaired) electrons. The van der Waals surface area contributed by atoms with Crippen LogP contribution >= 0.6 is 0 Å². The summed E-state index contributed by atoms with van der Waals surface area (Å²) in [6.07, 6.45) is 3.55. The topological polar surface area (TPSA) is 87.2 Å². The largest absolute Gasteiger partial charge is 0.444 e. The maximum Gasteiger partial charge on any atom is 0.408 e. The van der Waals surface area contributed by atoms with Gasteiger partial charge in [0, 0.05) is 26.7 Å². The Balaban J connectivity index is 2.62. The number of ether oxygens (including phenoxy) is 2. The first-order valence-electron chi connectivity index (χ1n) is 11.9. The fraction of sp³-hybridized carbons (Fsp3) is 0.913. The molecule has 0 bridgehead atoms. The van der Waals surface area contributed by atoms with Crippen LogP contribution in [0.5, 0.6) is 0 Å². The third-order valence-electron chi connectivity index (χ3n) is 5.88. The Morgan fingerprint density at radius 2 is 1.74 bits per heavy atom. The number of hydrogen-bond donors (Lipinski definition) is 3. The van der Waals surface area contributed by atoms with Crippen molar-refractivity contribution in [3.05, 3.63) is 0 Å². The van der Waals surface area contributed by atoms with E-state index >= 15 is 0 Å². The summed E-state index contributed by atoms with van der Waals surface area (Å²) in [5.74, 6) is 1.45. The molecular formula is C23H47N5O3. The molecule has 1 amide bonds. The smallest absolute Gasteiger partial charge is 0.408 e. The number of likely N-dealkylation sites (tertiary alicyclic amines) is 1. The number of carbonyl (C=O) groups is 1. The molecule has 0 atom stereocenters. The highest BCUT2D eigenvalue weighted by atomic mass is 16.6. The lowest BCUT2D eigenvalue weighted by molar-refractivity contribution is 0.0452. The molecule has 0 aliphatic carbocycles.